The maximum absolute atomic E-state index is 11.6. The van der Waals surface area contributed by atoms with Gasteiger partial charge in [-0.2, -0.15) is 0 Å². The average Bonchev–Trinajstić information content (AvgIpc) is 2.27. The van der Waals surface area contributed by atoms with Crippen LogP contribution in [0.5, 0.6) is 0 Å². The van der Waals surface area contributed by atoms with Gasteiger partial charge >= 0.3 is 6.20 Å². The van der Waals surface area contributed by atoms with E-state index >= 15 is 0 Å². The largest absolute Gasteiger partial charge is 0.505 e. The van der Waals surface area contributed by atoms with Crippen LogP contribution < -0.4 is 0 Å². The molecule has 0 fully saturated rings. The number of rotatable bonds is 4. The third kappa shape index (κ3) is 3.71. The van der Waals surface area contributed by atoms with E-state index in [1.807, 2.05) is 0 Å². The Morgan fingerprint density at radius 3 is 2.56 bits per heavy atom. The summed E-state index contributed by atoms with van der Waals surface area (Å²) in [5.74, 6) is -0.237. The van der Waals surface area contributed by atoms with Crippen molar-refractivity contribution in [3.63, 3.8) is 0 Å². The molecule has 0 aliphatic heterocycles. The van der Waals surface area contributed by atoms with Crippen molar-refractivity contribution in [3.8, 4) is 0 Å². The lowest BCUT2D eigenvalue weighted by Gasteiger charge is -1.99. The van der Waals surface area contributed by atoms with Gasteiger partial charge in [-0.25, -0.2) is 0 Å². The number of Topliss-reactive ketones (excluding diaryl/α,β-unsaturated/α-hetero) is 1. The first-order chi connectivity index (χ1) is 7.63. The predicted molar refractivity (Wildman–Crippen MR) is 60.8 cm³/mol. The molecule has 82 valence electrons. The lowest BCUT2D eigenvalue weighted by molar-refractivity contribution is 0.0978. The molecule has 0 spiro atoms. The van der Waals surface area contributed by atoms with Crippen LogP contribution in [0.15, 0.2) is 36.2 Å². The van der Waals surface area contributed by atoms with Crippen molar-refractivity contribution in [1.82, 2.24) is 0 Å². The van der Waals surface area contributed by atoms with Crippen LogP contribution >= 0.6 is 11.6 Å². The molecule has 0 aliphatic carbocycles. The number of nitrogens with zero attached hydrogens (tertiary/aromatic N) is 2. The average molecular weight is 238 g/mol. The summed E-state index contributed by atoms with van der Waals surface area (Å²) in [7, 11) is 0. The molecule has 16 heavy (non-hydrogen) atoms. The summed E-state index contributed by atoms with van der Waals surface area (Å²) >= 11 is 5.68. The number of hydrogen-bond acceptors (Lipinski definition) is 3. The number of diazo groups is 1. The lowest BCUT2D eigenvalue weighted by Crippen LogP contribution is -1.99. The van der Waals surface area contributed by atoms with E-state index in [2.05, 4.69) is 4.98 Å². The van der Waals surface area contributed by atoms with Gasteiger partial charge in [-0.1, -0.05) is 11.6 Å². The second-order valence-corrected chi connectivity index (χ2v) is 3.60. The minimum atomic E-state index is -0.134. The van der Waals surface area contributed by atoms with Gasteiger partial charge in [0.25, 0.3) is 0 Å². The SMILES string of the molecule is N#[N+]/C=C(\O)CCC(=O)c1ccc(Cl)cc1. The molecule has 1 aromatic rings. The maximum atomic E-state index is 11.6. The van der Waals surface area contributed by atoms with Gasteiger partial charge in [-0.3, -0.25) is 4.79 Å². The van der Waals surface area contributed by atoms with Gasteiger partial charge in [0.15, 0.2) is 16.5 Å². The van der Waals surface area contributed by atoms with Crippen molar-refractivity contribution in [3.05, 3.63) is 51.8 Å². The van der Waals surface area contributed by atoms with E-state index < -0.39 is 0 Å². The van der Waals surface area contributed by atoms with Crippen LogP contribution in [0.4, 0.5) is 0 Å². The van der Waals surface area contributed by atoms with Crippen molar-refractivity contribution in [2.75, 3.05) is 0 Å². The molecule has 0 heterocycles. The first-order valence-electron chi connectivity index (χ1n) is 4.64. The van der Waals surface area contributed by atoms with Crippen LogP contribution in [-0.4, -0.2) is 10.9 Å². The monoisotopic (exact) mass is 237 g/mol. The lowest BCUT2D eigenvalue weighted by atomic mass is 10.1. The van der Waals surface area contributed by atoms with Crippen molar-refractivity contribution >= 4 is 17.4 Å². The van der Waals surface area contributed by atoms with Crippen LogP contribution in [0.25, 0.3) is 4.98 Å². The normalized spacial score (nSPS) is 10.9. The maximum Gasteiger partial charge on any atom is 0.387 e. The van der Waals surface area contributed by atoms with E-state index in [0.717, 1.165) is 6.20 Å². The summed E-state index contributed by atoms with van der Waals surface area (Å²) < 4.78 is 0. The first-order valence-corrected chi connectivity index (χ1v) is 5.02. The van der Waals surface area contributed by atoms with Crippen LogP contribution in [0.1, 0.15) is 23.2 Å². The Morgan fingerprint density at radius 1 is 1.38 bits per heavy atom. The van der Waals surface area contributed by atoms with Crippen molar-refractivity contribution in [2.24, 2.45) is 0 Å². The number of carbonyl (C=O) groups excluding carboxylic acids is 1. The summed E-state index contributed by atoms with van der Waals surface area (Å²) in [6, 6.07) is 6.52. The predicted octanol–water partition coefficient (Wildman–Crippen LogP) is 3.56. The second kappa shape index (κ2) is 5.89. The Kier molecular flexibility index (Phi) is 4.49. The van der Waals surface area contributed by atoms with E-state index in [9.17, 15) is 4.79 Å². The summed E-state index contributed by atoms with van der Waals surface area (Å²) in [5.41, 5.74) is 0.540. The van der Waals surface area contributed by atoms with E-state index in [-0.39, 0.29) is 24.4 Å². The molecule has 0 aliphatic rings. The molecule has 0 atom stereocenters. The zero-order valence-electron chi connectivity index (χ0n) is 8.43. The number of benzene rings is 1. The summed E-state index contributed by atoms with van der Waals surface area (Å²) in [6.45, 7) is 0. The quantitative estimate of drug-likeness (QED) is 0.495. The molecular weight excluding hydrogens is 228 g/mol. The van der Waals surface area contributed by atoms with Crippen LogP contribution in [0.2, 0.25) is 5.02 Å². The number of aliphatic hydroxyl groups excluding tert-OH is 1. The van der Waals surface area contributed by atoms with Crippen LogP contribution in [0, 0.1) is 5.39 Å². The van der Waals surface area contributed by atoms with Gasteiger partial charge in [-0.15, -0.1) is 0 Å². The summed E-state index contributed by atoms with van der Waals surface area (Å²) in [6.07, 6.45) is 1.19. The molecule has 1 N–H and O–H groups in total. The smallest absolute Gasteiger partial charge is 0.387 e. The number of aliphatic hydroxyl groups is 1. The molecule has 0 saturated heterocycles. The zero-order chi connectivity index (χ0) is 12.0. The second-order valence-electron chi connectivity index (χ2n) is 3.17. The minimum absolute atomic E-state index is 0.102. The van der Waals surface area contributed by atoms with E-state index in [1.54, 1.807) is 24.3 Å². The molecule has 0 aromatic heterocycles. The van der Waals surface area contributed by atoms with E-state index in [0.29, 0.717) is 10.6 Å². The first kappa shape index (κ1) is 12.2. The van der Waals surface area contributed by atoms with Gasteiger partial charge in [0, 0.05) is 23.4 Å². The van der Waals surface area contributed by atoms with Gasteiger partial charge < -0.3 is 5.11 Å². The fourth-order valence-corrected chi connectivity index (χ4v) is 1.28. The molecule has 0 unspecified atom stereocenters. The fourth-order valence-electron chi connectivity index (χ4n) is 1.15. The third-order valence-corrected chi connectivity index (χ3v) is 2.23. The van der Waals surface area contributed by atoms with Gasteiger partial charge in [0.1, 0.15) is 0 Å². The molecular formula is C11H10ClN2O2+. The Hall–Kier alpha value is -1.86. The fraction of sp³-hybridized carbons (Fsp3) is 0.182. The number of ketones is 1. The molecule has 0 amide bonds. The van der Waals surface area contributed by atoms with E-state index in [1.165, 1.54) is 0 Å². The number of carbonyl (C=O) groups is 1. The molecule has 5 heteroatoms. The summed E-state index contributed by atoms with van der Waals surface area (Å²) in [5, 5.41) is 17.8. The molecule has 0 saturated carbocycles. The van der Waals surface area contributed by atoms with Gasteiger partial charge in [0.2, 0.25) is 5.39 Å². The Bertz CT molecular complexity index is 446. The molecule has 0 radical (unpaired) electrons. The highest BCUT2D eigenvalue weighted by Gasteiger charge is 2.08. The Morgan fingerprint density at radius 2 is 2.00 bits per heavy atom. The highest BCUT2D eigenvalue weighted by atomic mass is 35.5. The van der Waals surface area contributed by atoms with Gasteiger partial charge in [0.05, 0.1) is 0 Å². The van der Waals surface area contributed by atoms with Crippen molar-refractivity contribution < 1.29 is 9.90 Å². The van der Waals surface area contributed by atoms with Crippen LogP contribution in [-0.2, 0) is 0 Å². The molecule has 0 bridgehead atoms. The topological polar surface area (TPSA) is 65.4 Å². The third-order valence-electron chi connectivity index (χ3n) is 1.98. The highest BCUT2D eigenvalue weighted by Crippen LogP contribution is 2.13. The van der Waals surface area contributed by atoms with Crippen molar-refractivity contribution in [1.29, 1.82) is 5.39 Å². The van der Waals surface area contributed by atoms with Gasteiger partial charge in [-0.05, 0) is 24.3 Å². The number of allylic oxidation sites excluding steroid dienone is 1. The molecule has 1 aromatic carbocycles. The summed E-state index contributed by atoms with van der Waals surface area (Å²) in [4.78, 5) is 14.2. The Labute approximate surface area is 97.8 Å². The minimum Gasteiger partial charge on any atom is -0.505 e. The zero-order valence-corrected chi connectivity index (χ0v) is 9.18. The standard InChI is InChI=1S/C11H9ClN2O2/c12-9-3-1-8(2-4-9)11(16)6-5-10(15)7-14-13/h1-4,7H,5-6H2/p+1/b10-7-. The highest BCUT2D eigenvalue weighted by molar-refractivity contribution is 6.30. The number of halogens is 1. The molecule has 1 rings (SSSR count). The number of hydrogen-bond donors (Lipinski definition) is 1. The van der Waals surface area contributed by atoms with E-state index in [4.69, 9.17) is 22.1 Å². The molecule has 4 nitrogen and oxygen atoms in total. The Balaban J connectivity index is 2.57. The van der Waals surface area contributed by atoms with Crippen LogP contribution in [0.3, 0.4) is 0 Å². The van der Waals surface area contributed by atoms with Crippen molar-refractivity contribution in [2.45, 2.75) is 12.8 Å².